The molecule has 1 atom stereocenters. The van der Waals surface area contributed by atoms with Gasteiger partial charge in [-0.05, 0) is 12.5 Å². The topological polar surface area (TPSA) is 54.3 Å². The van der Waals surface area contributed by atoms with Crippen LogP contribution in [0, 0.1) is 0 Å². The SMILES string of the molecule is O=C1CCC(CNCc2coc3ccccc23)N1. The molecule has 4 heteroatoms. The van der Waals surface area contributed by atoms with E-state index in [1.807, 2.05) is 18.2 Å². The first-order valence-corrected chi connectivity index (χ1v) is 6.28. The highest BCUT2D eigenvalue weighted by Gasteiger charge is 2.19. The summed E-state index contributed by atoms with van der Waals surface area (Å²) in [7, 11) is 0. The van der Waals surface area contributed by atoms with E-state index in [1.54, 1.807) is 6.26 Å². The van der Waals surface area contributed by atoms with E-state index in [-0.39, 0.29) is 11.9 Å². The molecular formula is C14H16N2O2. The zero-order chi connectivity index (χ0) is 12.4. The predicted molar refractivity (Wildman–Crippen MR) is 69.1 cm³/mol. The molecule has 1 saturated heterocycles. The number of rotatable bonds is 4. The van der Waals surface area contributed by atoms with Gasteiger partial charge in [-0.3, -0.25) is 4.79 Å². The van der Waals surface area contributed by atoms with Crippen molar-refractivity contribution >= 4 is 16.9 Å². The largest absolute Gasteiger partial charge is 0.464 e. The molecule has 1 unspecified atom stereocenters. The van der Waals surface area contributed by atoms with Crippen LogP contribution in [0.5, 0.6) is 0 Å². The van der Waals surface area contributed by atoms with Crippen LogP contribution >= 0.6 is 0 Å². The molecule has 0 spiro atoms. The van der Waals surface area contributed by atoms with Crippen molar-refractivity contribution < 1.29 is 9.21 Å². The highest BCUT2D eigenvalue weighted by molar-refractivity contribution is 5.80. The van der Waals surface area contributed by atoms with Crippen molar-refractivity contribution in [1.82, 2.24) is 10.6 Å². The van der Waals surface area contributed by atoms with E-state index in [9.17, 15) is 4.79 Å². The van der Waals surface area contributed by atoms with Crippen LogP contribution in [0.4, 0.5) is 0 Å². The second-order valence-corrected chi connectivity index (χ2v) is 4.69. The van der Waals surface area contributed by atoms with Crippen molar-refractivity contribution in [2.75, 3.05) is 6.54 Å². The van der Waals surface area contributed by atoms with Crippen molar-refractivity contribution in [1.29, 1.82) is 0 Å². The second kappa shape index (κ2) is 4.82. The number of furan rings is 1. The van der Waals surface area contributed by atoms with Gasteiger partial charge in [0.05, 0.1) is 6.26 Å². The number of benzene rings is 1. The average Bonchev–Trinajstić information content (AvgIpc) is 2.97. The van der Waals surface area contributed by atoms with Crippen molar-refractivity contribution in [2.45, 2.75) is 25.4 Å². The Labute approximate surface area is 105 Å². The molecule has 1 aliphatic heterocycles. The summed E-state index contributed by atoms with van der Waals surface area (Å²) in [6.07, 6.45) is 3.38. The lowest BCUT2D eigenvalue weighted by Gasteiger charge is -2.10. The van der Waals surface area contributed by atoms with Gasteiger partial charge in [0.2, 0.25) is 5.91 Å². The Balaban J connectivity index is 1.58. The van der Waals surface area contributed by atoms with E-state index >= 15 is 0 Å². The molecule has 1 aliphatic rings. The van der Waals surface area contributed by atoms with Crippen LogP contribution in [0.25, 0.3) is 11.0 Å². The highest BCUT2D eigenvalue weighted by Crippen LogP contribution is 2.20. The maximum atomic E-state index is 11.1. The fourth-order valence-corrected chi connectivity index (χ4v) is 2.38. The molecule has 2 N–H and O–H groups in total. The van der Waals surface area contributed by atoms with Crippen molar-refractivity contribution in [2.24, 2.45) is 0 Å². The number of fused-ring (bicyclic) bond motifs is 1. The van der Waals surface area contributed by atoms with E-state index in [0.29, 0.717) is 6.42 Å². The standard InChI is InChI=1S/C14H16N2O2/c17-14-6-5-11(16-14)8-15-7-10-9-18-13-4-2-1-3-12(10)13/h1-4,9,11,15H,5-8H2,(H,16,17). The number of carbonyl (C=O) groups is 1. The third-order valence-electron chi connectivity index (χ3n) is 3.35. The van der Waals surface area contributed by atoms with Gasteiger partial charge in [0, 0.05) is 36.5 Å². The molecule has 2 heterocycles. The summed E-state index contributed by atoms with van der Waals surface area (Å²) in [5.41, 5.74) is 2.08. The Bertz CT molecular complexity index is 562. The Morgan fingerprint density at radius 2 is 2.28 bits per heavy atom. The van der Waals surface area contributed by atoms with Gasteiger partial charge in [-0.15, -0.1) is 0 Å². The first-order valence-electron chi connectivity index (χ1n) is 6.28. The fraction of sp³-hybridized carbons (Fsp3) is 0.357. The maximum absolute atomic E-state index is 11.1. The van der Waals surface area contributed by atoms with Gasteiger partial charge < -0.3 is 15.1 Å². The summed E-state index contributed by atoms with van der Waals surface area (Å²) in [6, 6.07) is 8.29. The van der Waals surface area contributed by atoms with Gasteiger partial charge in [-0.2, -0.15) is 0 Å². The molecule has 0 radical (unpaired) electrons. The Morgan fingerprint density at radius 3 is 3.11 bits per heavy atom. The summed E-state index contributed by atoms with van der Waals surface area (Å²) < 4.78 is 5.48. The number of carbonyl (C=O) groups excluding carboxylic acids is 1. The zero-order valence-corrected chi connectivity index (χ0v) is 10.1. The quantitative estimate of drug-likeness (QED) is 0.862. The number of para-hydroxylation sites is 1. The van der Waals surface area contributed by atoms with Gasteiger partial charge in [-0.25, -0.2) is 0 Å². The Morgan fingerprint density at radius 1 is 1.39 bits per heavy atom. The van der Waals surface area contributed by atoms with E-state index < -0.39 is 0 Å². The van der Waals surface area contributed by atoms with Gasteiger partial charge in [-0.1, -0.05) is 18.2 Å². The molecule has 1 fully saturated rings. The van der Waals surface area contributed by atoms with Crippen LogP contribution in [0.1, 0.15) is 18.4 Å². The van der Waals surface area contributed by atoms with Crippen LogP contribution in [0.3, 0.4) is 0 Å². The Kier molecular flexibility index (Phi) is 3.02. The minimum Gasteiger partial charge on any atom is -0.464 e. The van der Waals surface area contributed by atoms with E-state index in [2.05, 4.69) is 16.7 Å². The minimum atomic E-state index is 0.163. The molecule has 0 bridgehead atoms. The predicted octanol–water partition coefficient (Wildman–Crippen LogP) is 1.80. The van der Waals surface area contributed by atoms with Gasteiger partial charge in [0.15, 0.2) is 0 Å². The molecule has 0 aliphatic carbocycles. The van der Waals surface area contributed by atoms with Crippen LogP contribution in [0.15, 0.2) is 34.9 Å². The van der Waals surface area contributed by atoms with Crippen LogP contribution < -0.4 is 10.6 Å². The van der Waals surface area contributed by atoms with Gasteiger partial charge in [0.25, 0.3) is 0 Å². The number of nitrogens with one attached hydrogen (secondary N) is 2. The Hall–Kier alpha value is -1.81. The average molecular weight is 244 g/mol. The lowest BCUT2D eigenvalue weighted by atomic mass is 10.1. The van der Waals surface area contributed by atoms with Crippen molar-refractivity contribution in [3.63, 3.8) is 0 Å². The lowest BCUT2D eigenvalue weighted by Crippen LogP contribution is -2.35. The summed E-state index contributed by atoms with van der Waals surface area (Å²) in [5, 5.41) is 7.47. The molecule has 94 valence electrons. The van der Waals surface area contributed by atoms with Crippen LogP contribution in [-0.4, -0.2) is 18.5 Å². The summed E-state index contributed by atoms with van der Waals surface area (Å²) in [4.78, 5) is 11.1. The molecule has 1 aromatic carbocycles. The molecule has 18 heavy (non-hydrogen) atoms. The van der Waals surface area contributed by atoms with Crippen molar-refractivity contribution in [3.05, 3.63) is 36.1 Å². The smallest absolute Gasteiger partial charge is 0.220 e. The fourth-order valence-electron chi connectivity index (χ4n) is 2.38. The molecule has 4 nitrogen and oxygen atoms in total. The monoisotopic (exact) mass is 244 g/mol. The van der Waals surface area contributed by atoms with Crippen LogP contribution in [0.2, 0.25) is 0 Å². The third-order valence-corrected chi connectivity index (χ3v) is 3.35. The molecule has 3 rings (SSSR count). The number of amides is 1. The maximum Gasteiger partial charge on any atom is 0.220 e. The first kappa shape index (κ1) is 11.3. The van der Waals surface area contributed by atoms with Gasteiger partial charge >= 0.3 is 0 Å². The lowest BCUT2D eigenvalue weighted by molar-refractivity contribution is -0.119. The minimum absolute atomic E-state index is 0.163. The zero-order valence-electron chi connectivity index (χ0n) is 10.1. The summed E-state index contributed by atoms with van der Waals surface area (Å²) in [6.45, 7) is 1.58. The van der Waals surface area contributed by atoms with E-state index in [4.69, 9.17) is 4.42 Å². The highest BCUT2D eigenvalue weighted by atomic mass is 16.3. The van der Waals surface area contributed by atoms with Crippen LogP contribution in [-0.2, 0) is 11.3 Å². The van der Waals surface area contributed by atoms with Crippen molar-refractivity contribution in [3.8, 4) is 0 Å². The molecule has 1 aromatic heterocycles. The van der Waals surface area contributed by atoms with Gasteiger partial charge in [0.1, 0.15) is 5.58 Å². The van der Waals surface area contributed by atoms with E-state index in [1.165, 1.54) is 0 Å². The summed E-state index contributed by atoms with van der Waals surface area (Å²) in [5.74, 6) is 0.163. The van der Waals surface area contributed by atoms with E-state index in [0.717, 1.165) is 36.0 Å². The number of hydrogen-bond donors (Lipinski definition) is 2. The summed E-state index contributed by atoms with van der Waals surface area (Å²) >= 11 is 0. The molecule has 2 aromatic rings. The second-order valence-electron chi connectivity index (χ2n) is 4.69. The third kappa shape index (κ3) is 2.24. The molecule has 0 saturated carbocycles. The molecule has 1 amide bonds. The molecular weight excluding hydrogens is 228 g/mol. The first-order chi connectivity index (χ1) is 8.83. The normalized spacial score (nSPS) is 19.3. The number of hydrogen-bond acceptors (Lipinski definition) is 3.